The lowest BCUT2D eigenvalue weighted by Gasteiger charge is -2.14. The molecule has 1 fully saturated rings. The molecule has 0 bridgehead atoms. The van der Waals surface area contributed by atoms with Gasteiger partial charge in [-0.1, -0.05) is 47.5 Å². The van der Waals surface area contributed by atoms with Crippen LogP contribution in [0.4, 0.5) is 0 Å². The highest BCUT2D eigenvalue weighted by atomic mass is 16.2. The van der Waals surface area contributed by atoms with Crippen LogP contribution in [0.1, 0.15) is 73.1 Å². The highest BCUT2D eigenvalue weighted by Gasteiger charge is 2.22. The highest BCUT2D eigenvalue weighted by molar-refractivity contribution is 5.97. The van der Waals surface area contributed by atoms with Crippen LogP contribution < -0.4 is 5.32 Å². The van der Waals surface area contributed by atoms with Crippen LogP contribution in [0.3, 0.4) is 0 Å². The van der Waals surface area contributed by atoms with Crippen molar-refractivity contribution in [2.75, 3.05) is 13.1 Å². The van der Waals surface area contributed by atoms with Gasteiger partial charge in [0.25, 0.3) is 0 Å². The van der Waals surface area contributed by atoms with Crippen molar-refractivity contribution in [3.63, 3.8) is 0 Å². The number of hydrogen-bond acceptors (Lipinski definition) is 3. The third kappa shape index (κ3) is 11.0. The lowest BCUT2D eigenvalue weighted by Crippen LogP contribution is -2.40. The van der Waals surface area contributed by atoms with Gasteiger partial charge < -0.3 is 4.90 Å². The Balaban J connectivity index is 0. The molecule has 0 radical (unpaired) electrons. The molecule has 3 amide bonds. The fraction of sp³-hybridized carbons (Fsp3) is 0.812. The zero-order valence-corrected chi connectivity index (χ0v) is 14.3. The summed E-state index contributed by atoms with van der Waals surface area (Å²) in [6, 6.07) is 0. The standard InChI is InChI=1S/C12H20N2O3.2C2H6/c1-2-3-4-6-10(15)13-11(16)9-14-8-5-7-12(14)17;2*1-2/h2-9H2,1H3,(H,13,15,16);2*1-2H3. The minimum absolute atomic E-state index is 0.00131. The molecule has 0 spiro atoms. The van der Waals surface area contributed by atoms with Crippen molar-refractivity contribution in [2.24, 2.45) is 0 Å². The number of carbonyl (C=O) groups is 3. The molecule has 0 unspecified atom stereocenters. The lowest BCUT2D eigenvalue weighted by atomic mass is 10.2. The zero-order valence-electron chi connectivity index (χ0n) is 14.3. The van der Waals surface area contributed by atoms with Crippen molar-refractivity contribution in [3.8, 4) is 0 Å². The molecule has 0 aromatic carbocycles. The van der Waals surface area contributed by atoms with E-state index in [1.165, 1.54) is 4.90 Å². The molecule has 0 atom stereocenters. The summed E-state index contributed by atoms with van der Waals surface area (Å²) in [5.41, 5.74) is 0. The van der Waals surface area contributed by atoms with E-state index in [9.17, 15) is 14.4 Å². The SMILES string of the molecule is CC.CC.CCCCCC(=O)NC(=O)CN1CCCC1=O. The number of nitrogens with zero attached hydrogens (tertiary/aromatic N) is 1. The molecule has 0 aromatic rings. The third-order valence-corrected chi connectivity index (χ3v) is 2.79. The van der Waals surface area contributed by atoms with Gasteiger partial charge in [-0.25, -0.2) is 0 Å². The molecular weight excluding hydrogens is 268 g/mol. The van der Waals surface area contributed by atoms with Gasteiger partial charge >= 0.3 is 0 Å². The quantitative estimate of drug-likeness (QED) is 0.767. The summed E-state index contributed by atoms with van der Waals surface area (Å²) < 4.78 is 0. The second kappa shape index (κ2) is 15.0. The summed E-state index contributed by atoms with van der Waals surface area (Å²) in [5.74, 6) is -0.615. The van der Waals surface area contributed by atoms with E-state index in [0.717, 1.165) is 25.7 Å². The molecular formula is C16H32N2O3. The van der Waals surface area contributed by atoms with Crippen LogP contribution in [-0.2, 0) is 14.4 Å². The molecule has 1 rings (SSSR count). The number of carbonyl (C=O) groups excluding carboxylic acids is 3. The number of hydrogen-bond donors (Lipinski definition) is 1. The van der Waals surface area contributed by atoms with Crippen LogP contribution in [0.2, 0.25) is 0 Å². The maximum atomic E-state index is 11.5. The first-order valence-corrected chi connectivity index (χ1v) is 8.24. The first-order valence-electron chi connectivity index (χ1n) is 8.24. The molecule has 0 aliphatic carbocycles. The van der Waals surface area contributed by atoms with Crippen LogP contribution in [0.15, 0.2) is 0 Å². The van der Waals surface area contributed by atoms with Gasteiger partial charge in [0.15, 0.2) is 0 Å². The first-order chi connectivity index (χ1) is 10.1. The Hall–Kier alpha value is -1.39. The van der Waals surface area contributed by atoms with Crippen molar-refractivity contribution in [3.05, 3.63) is 0 Å². The summed E-state index contributed by atoms with van der Waals surface area (Å²) in [5, 5.41) is 2.31. The topological polar surface area (TPSA) is 66.5 Å². The average Bonchev–Trinajstić information content (AvgIpc) is 2.88. The summed E-state index contributed by atoms with van der Waals surface area (Å²) >= 11 is 0. The van der Waals surface area contributed by atoms with Gasteiger partial charge in [-0.05, 0) is 12.8 Å². The van der Waals surface area contributed by atoms with E-state index in [0.29, 0.717) is 19.4 Å². The van der Waals surface area contributed by atoms with E-state index in [1.54, 1.807) is 0 Å². The lowest BCUT2D eigenvalue weighted by molar-refractivity contribution is -0.136. The van der Waals surface area contributed by atoms with Crippen molar-refractivity contribution in [1.29, 1.82) is 0 Å². The van der Waals surface area contributed by atoms with Gasteiger partial charge in [0.2, 0.25) is 17.7 Å². The molecule has 1 aliphatic rings. The second-order valence-electron chi connectivity index (χ2n) is 4.35. The van der Waals surface area contributed by atoms with E-state index >= 15 is 0 Å². The van der Waals surface area contributed by atoms with E-state index in [-0.39, 0.29) is 24.3 Å². The minimum atomic E-state index is -0.373. The molecule has 1 aliphatic heterocycles. The van der Waals surface area contributed by atoms with Crippen LogP contribution in [0, 0.1) is 0 Å². The Labute approximate surface area is 129 Å². The summed E-state index contributed by atoms with van der Waals surface area (Å²) in [7, 11) is 0. The Morgan fingerprint density at radius 2 is 1.71 bits per heavy atom. The minimum Gasteiger partial charge on any atom is -0.333 e. The van der Waals surface area contributed by atoms with Crippen LogP contribution in [-0.4, -0.2) is 35.7 Å². The summed E-state index contributed by atoms with van der Waals surface area (Å²) in [6.45, 7) is 10.7. The van der Waals surface area contributed by atoms with Crippen LogP contribution in [0.5, 0.6) is 0 Å². The fourth-order valence-electron chi connectivity index (χ4n) is 1.84. The van der Waals surface area contributed by atoms with E-state index in [2.05, 4.69) is 12.2 Å². The van der Waals surface area contributed by atoms with Crippen molar-refractivity contribution < 1.29 is 14.4 Å². The number of likely N-dealkylation sites (tertiary alicyclic amines) is 1. The van der Waals surface area contributed by atoms with Crippen molar-refractivity contribution >= 4 is 17.7 Å². The van der Waals surface area contributed by atoms with E-state index in [4.69, 9.17) is 0 Å². The van der Waals surface area contributed by atoms with Crippen molar-refractivity contribution in [2.45, 2.75) is 73.1 Å². The first kappa shape index (κ1) is 21.9. The van der Waals surface area contributed by atoms with Gasteiger partial charge in [-0.2, -0.15) is 0 Å². The largest absolute Gasteiger partial charge is 0.333 e. The second-order valence-corrected chi connectivity index (χ2v) is 4.35. The smallest absolute Gasteiger partial charge is 0.246 e. The molecule has 0 aromatic heterocycles. The van der Waals surface area contributed by atoms with Gasteiger partial charge in [0, 0.05) is 19.4 Å². The molecule has 5 heteroatoms. The molecule has 21 heavy (non-hydrogen) atoms. The molecule has 5 nitrogen and oxygen atoms in total. The van der Waals surface area contributed by atoms with Crippen molar-refractivity contribution in [1.82, 2.24) is 10.2 Å². The number of rotatable bonds is 6. The molecule has 124 valence electrons. The van der Waals surface area contributed by atoms with Crippen LogP contribution >= 0.6 is 0 Å². The monoisotopic (exact) mass is 300 g/mol. The maximum absolute atomic E-state index is 11.5. The molecule has 0 saturated carbocycles. The van der Waals surface area contributed by atoms with Gasteiger partial charge in [0.05, 0.1) is 6.54 Å². The number of amides is 3. The van der Waals surface area contributed by atoms with E-state index < -0.39 is 0 Å². The van der Waals surface area contributed by atoms with Crippen LogP contribution in [0.25, 0.3) is 0 Å². The maximum Gasteiger partial charge on any atom is 0.246 e. The summed E-state index contributed by atoms with van der Waals surface area (Å²) in [6.07, 6.45) is 4.54. The Bertz CT molecular complexity index is 304. The summed E-state index contributed by atoms with van der Waals surface area (Å²) in [4.78, 5) is 35.6. The Morgan fingerprint density at radius 1 is 1.10 bits per heavy atom. The third-order valence-electron chi connectivity index (χ3n) is 2.79. The highest BCUT2D eigenvalue weighted by Crippen LogP contribution is 2.08. The Kier molecular flexibility index (Phi) is 15.7. The average molecular weight is 300 g/mol. The molecule has 1 N–H and O–H groups in total. The number of nitrogens with one attached hydrogen (secondary N) is 1. The zero-order chi connectivity index (χ0) is 16.7. The van der Waals surface area contributed by atoms with Gasteiger partial charge in [-0.15, -0.1) is 0 Å². The fourth-order valence-corrected chi connectivity index (χ4v) is 1.84. The number of unbranched alkanes of at least 4 members (excludes halogenated alkanes) is 2. The molecule has 1 heterocycles. The van der Waals surface area contributed by atoms with Gasteiger partial charge in [-0.3, -0.25) is 19.7 Å². The van der Waals surface area contributed by atoms with Gasteiger partial charge in [0.1, 0.15) is 0 Å². The molecule has 1 saturated heterocycles. The predicted molar refractivity (Wildman–Crippen MR) is 85.8 cm³/mol. The number of imide groups is 1. The van der Waals surface area contributed by atoms with E-state index in [1.807, 2.05) is 27.7 Å². The Morgan fingerprint density at radius 3 is 2.19 bits per heavy atom. The normalized spacial score (nSPS) is 12.8. The predicted octanol–water partition coefficient (Wildman–Crippen LogP) is 2.88.